The summed E-state index contributed by atoms with van der Waals surface area (Å²) in [5.41, 5.74) is 2.24. The van der Waals surface area contributed by atoms with Crippen molar-refractivity contribution in [1.29, 1.82) is 0 Å². The van der Waals surface area contributed by atoms with Crippen LogP contribution >= 0.6 is 11.8 Å². The van der Waals surface area contributed by atoms with Gasteiger partial charge in [0.15, 0.2) is 0 Å². The van der Waals surface area contributed by atoms with E-state index in [9.17, 15) is 18.3 Å². The van der Waals surface area contributed by atoms with E-state index in [-0.39, 0.29) is 16.6 Å². The van der Waals surface area contributed by atoms with E-state index in [1.54, 1.807) is 23.9 Å². The Bertz CT molecular complexity index is 779. The molecule has 0 aliphatic heterocycles. The Hall–Kier alpha value is -1.82. The van der Waals surface area contributed by atoms with Crippen LogP contribution in [-0.2, 0) is 16.6 Å². The van der Waals surface area contributed by atoms with Gasteiger partial charge in [-0.25, -0.2) is 0 Å². The van der Waals surface area contributed by atoms with Crippen LogP contribution in [0.15, 0.2) is 41.3 Å². The molecule has 2 nitrogen and oxygen atoms in total. The van der Waals surface area contributed by atoms with Gasteiger partial charge in [-0.05, 0) is 40.7 Å². The molecule has 0 atom stereocenters. The minimum atomic E-state index is -4.69. The third-order valence-electron chi connectivity index (χ3n) is 4.26. The number of phenols is 1. The van der Waals surface area contributed by atoms with Gasteiger partial charge in [0.25, 0.3) is 0 Å². The Morgan fingerprint density at radius 3 is 1.71 bits per heavy atom. The lowest BCUT2D eigenvalue weighted by Crippen LogP contribution is -2.17. The van der Waals surface area contributed by atoms with Crippen molar-refractivity contribution >= 4 is 11.8 Å². The van der Waals surface area contributed by atoms with Crippen molar-refractivity contribution < 1.29 is 23.0 Å². The number of rotatable bonds is 4. The zero-order valence-corrected chi connectivity index (χ0v) is 17.9. The molecule has 2 aromatic rings. The van der Waals surface area contributed by atoms with E-state index in [1.807, 2.05) is 12.1 Å². The maximum Gasteiger partial charge on any atom is 0.573 e. The molecule has 2 aromatic carbocycles. The monoisotopic (exact) mass is 412 g/mol. The molecule has 0 heterocycles. The van der Waals surface area contributed by atoms with Crippen molar-refractivity contribution in [3.8, 4) is 11.5 Å². The van der Waals surface area contributed by atoms with Gasteiger partial charge in [-0.15, -0.1) is 24.9 Å². The molecule has 0 fully saturated rings. The molecule has 6 heteroatoms. The molecule has 0 bridgehead atoms. The van der Waals surface area contributed by atoms with Crippen LogP contribution in [0.4, 0.5) is 13.2 Å². The molecular formula is C22H27F3O2S. The molecule has 0 saturated carbocycles. The SMILES string of the molecule is CC(C)(C)c1cc(SCc2ccc(OC(F)(F)F)cc2)cc(C(C)(C)C)c1O. The van der Waals surface area contributed by atoms with Crippen LogP contribution in [0.3, 0.4) is 0 Å². The fourth-order valence-electron chi connectivity index (χ4n) is 2.79. The molecule has 1 N–H and O–H groups in total. The van der Waals surface area contributed by atoms with Crippen molar-refractivity contribution in [3.63, 3.8) is 0 Å². The van der Waals surface area contributed by atoms with Crippen LogP contribution in [0.5, 0.6) is 11.5 Å². The van der Waals surface area contributed by atoms with Gasteiger partial charge < -0.3 is 9.84 Å². The van der Waals surface area contributed by atoms with Crippen molar-refractivity contribution in [1.82, 2.24) is 0 Å². The first-order chi connectivity index (χ1) is 12.7. The van der Waals surface area contributed by atoms with Crippen LogP contribution in [-0.4, -0.2) is 11.5 Å². The summed E-state index contributed by atoms with van der Waals surface area (Å²) in [6.07, 6.45) is -4.69. The summed E-state index contributed by atoms with van der Waals surface area (Å²) in [5.74, 6) is 0.707. The molecule has 154 valence electrons. The number of hydrogen-bond donors (Lipinski definition) is 1. The lowest BCUT2D eigenvalue weighted by Gasteiger charge is -2.28. The summed E-state index contributed by atoms with van der Waals surface area (Å²) in [5, 5.41) is 10.8. The van der Waals surface area contributed by atoms with Crippen molar-refractivity contribution in [2.45, 2.75) is 69.4 Å². The van der Waals surface area contributed by atoms with Crippen molar-refractivity contribution in [3.05, 3.63) is 53.1 Å². The van der Waals surface area contributed by atoms with E-state index < -0.39 is 6.36 Å². The standard InChI is InChI=1S/C22H27F3O2S/c1-20(2,3)17-11-16(12-18(19(17)26)21(4,5)6)28-13-14-7-9-15(10-8-14)27-22(23,24)25/h7-12,26H,13H2,1-6H3. The first kappa shape index (κ1) is 22.5. The Labute approximate surface area is 169 Å². The first-order valence-corrected chi connectivity index (χ1v) is 10.0. The fourth-order valence-corrected chi connectivity index (χ4v) is 3.72. The summed E-state index contributed by atoms with van der Waals surface area (Å²) >= 11 is 1.59. The molecule has 28 heavy (non-hydrogen) atoms. The number of phenolic OH excluding ortho intramolecular Hbond substituents is 1. The van der Waals surface area contributed by atoms with E-state index >= 15 is 0 Å². The normalized spacial score (nSPS) is 12.9. The molecule has 0 radical (unpaired) electrons. The van der Waals surface area contributed by atoms with Gasteiger partial charge >= 0.3 is 6.36 Å². The number of aromatic hydroxyl groups is 1. The number of thioether (sulfide) groups is 1. The highest BCUT2D eigenvalue weighted by Gasteiger charge is 2.31. The van der Waals surface area contributed by atoms with Crippen LogP contribution in [0, 0.1) is 0 Å². The largest absolute Gasteiger partial charge is 0.573 e. The average molecular weight is 413 g/mol. The molecule has 0 spiro atoms. The third kappa shape index (κ3) is 6.09. The van der Waals surface area contributed by atoms with Gasteiger partial charge in [-0.2, -0.15) is 0 Å². The third-order valence-corrected chi connectivity index (χ3v) is 5.31. The van der Waals surface area contributed by atoms with E-state index in [1.165, 1.54) is 12.1 Å². The smallest absolute Gasteiger partial charge is 0.507 e. The predicted molar refractivity (Wildman–Crippen MR) is 108 cm³/mol. The second kappa shape index (κ2) is 7.90. The number of hydrogen-bond acceptors (Lipinski definition) is 3. The highest BCUT2D eigenvalue weighted by atomic mass is 32.2. The second-order valence-corrected chi connectivity index (χ2v) is 9.90. The van der Waals surface area contributed by atoms with Crippen molar-refractivity contribution in [2.24, 2.45) is 0 Å². The summed E-state index contributed by atoms with van der Waals surface area (Å²) in [7, 11) is 0. The van der Waals surface area contributed by atoms with Gasteiger partial charge in [0.2, 0.25) is 0 Å². The molecule has 0 aliphatic carbocycles. The lowest BCUT2D eigenvalue weighted by molar-refractivity contribution is -0.274. The second-order valence-electron chi connectivity index (χ2n) is 8.85. The van der Waals surface area contributed by atoms with Crippen molar-refractivity contribution in [2.75, 3.05) is 0 Å². The zero-order chi connectivity index (χ0) is 21.3. The average Bonchev–Trinajstić information content (AvgIpc) is 2.51. The molecule has 0 amide bonds. The quantitative estimate of drug-likeness (QED) is 0.540. The molecule has 0 aromatic heterocycles. The maximum absolute atomic E-state index is 12.3. The number of ether oxygens (including phenoxy) is 1. The summed E-state index contributed by atoms with van der Waals surface area (Å²) in [6.45, 7) is 12.3. The Balaban J connectivity index is 2.24. The summed E-state index contributed by atoms with van der Waals surface area (Å²) in [4.78, 5) is 1.02. The molecular weight excluding hydrogens is 385 g/mol. The summed E-state index contributed by atoms with van der Waals surface area (Å²) in [6, 6.07) is 9.89. The summed E-state index contributed by atoms with van der Waals surface area (Å²) < 4.78 is 40.7. The van der Waals surface area contributed by atoms with E-state index in [4.69, 9.17) is 0 Å². The molecule has 0 saturated heterocycles. The Morgan fingerprint density at radius 1 is 0.857 bits per heavy atom. The minimum absolute atomic E-state index is 0.211. The van der Waals surface area contributed by atoms with Gasteiger partial charge in [0, 0.05) is 21.8 Å². The molecule has 2 rings (SSSR count). The van der Waals surface area contributed by atoms with Crippen LogP contribution in [0.1, 0.15) is 58.2 Å². The highest BCUT2D eigenvalue weighted by molar-refractivity contribution is 7.98. The lowest BCUT2D eigenvalue weighted by atomic mass is 9.79. The van der Waals surface area contributed by atoms with Crippen LogP contribution < -0.4 is 4.74 Å². The predicted octanol–water partition coefficient (Wildman–Crippen LogP) is 7.18. The topological polar surface area (TPSA) is 29.5 Å². The van der Waals surface area contributed by atoms with Gasteiger partial charge in [0.05, 0.1) is 0 Å². The van der Waals surface area contributed by atoms with Crippen LogP contribution in [0.2, 0.25) is 0 Å². The maximum atomic E-state index is 12.3. The van der Waals surface area contributed by atoms with Crippen LogP contribution in [0.25, 0.3) is 0 Å². The number of benzene rings is 2. The number of halogens is 3. The van der Waals surface area contributed by atoms with Gasteiger partial charge in [-0.1, -0.05) is 53.7 Å². The first-order valence-electron chi connectivity index (χ1n) is 9.02. The van der Waals surface area contributed by atoms with Gasteiger partial charge in [-0.3, -0.25) is 0 Å². The molecule has 0 aliphatic rings. The molecule has 0 unspecified atom stereocenters. The minimum Gasteiger partial charge on any atom is -0.507 e. The highest BCUT2D eigenvalue weighted by Crippen LogP contribution is 2.42. The zero-order valence-electron chi connectivity index (χ0n) is 17.1. The fraction of sp³-hybridized carbons (Fsp3) is 0.455. The van der Waals surface area contributed by atoms with E-state index in [0.717, 1.165) is 21.6 Å². The van der Waals surface area contributed by atoms with Gasteiger partial charge in [0.1, 0.15) is 11.5 Å². The Morgan fingerprint density at radius 2 is 1.32 bits per heavy atom. The Kier molecular flexibility index (Phi) is 6.34. The van der Waals surface area contributed by atoms with E-state index in [2.05, 4.69) is 46.3 Å². The van der Waals surface area contributed by atoms with E-state index in [0.29, 0.717) is 11.5 Å². The number of alkyl halides is 3.